The maximum atomic E-state index is 13.4. The fraction of sp³-hybridized carbons (Fsp3) is 0.167. The number of halogens is 2. The van der Waals surface area contributed by atoms with Crippen molar-refractivity contribution >= 4 is 23.4 Å². The summed E-state index contributed by atoms with van der Waals surface area (Å²) in [5.74, 6) is 0.864. The van der Waals surface area contributed by atoms with Gasteiger partial charge in [-0.2, -0.15) is 0 Å². The van der Waals surface area contributed by atoms with Crippen molar-refractivity contribution < 1.29 is 14.1 Å². The average Bonchev–Trinajstić information content (AvgIpc) is 3.18. The topological polar surface area (TPSA) is 83.1 Å². The fourth-order valence-corrected chi connectivity index (χ4v) is 4.70. The molecule has 0 spiro atoms. The number of thioether (sulfide) groups is 1. The first kappa shape index (κ1) is 23.7. The van der Waals surface area contributed by atoms with Crippen LogP contribution in [0.5, 0.6) is 5.75 Å². The van der Waals surface area contributed by atoms with Crippen molar-refractivity contribution in [1.82, 2.24) is 14.8 Å². The predicted molar refractivity (Wildman–Crippen MR) is 129 cm³/mol. The standard InChI is InChI=1S/C24H20ClFN4O3S/c1-16-27-28-24(30(16)20-10-8-19(26)9-11-20)34-23(14-29(31)32)17-6-12-21(13-7-17)33-15-18-4-2-3-5-22(18)25/h2-13,23H,14-15H2,1H3/t23-/m0/s1. The summed E-state index contributed by atoms with van der Waals surface area (Å²) < 4.78 is 20.9. The molecule has 0 bridgehead atoms. The molecule has 0 unspecified atom stereocenters. The van der Waals surface area contributed by atoms with Gasteiger partial charge >= 0.3 is 0 Å². The van der Waals surface area contributed by atoms with Crippen LogP contribution in [0.15, 0.2) is 78.0 Å². The Morgan fingerprint density at radius 2 is 1.79 bits per heavy atom. The van der Waals surface area contributed by atoms with Crippen molar-refractivity contribution in [2.45, 2.75) is 23.9 Å². The van der Waals surface area contributed by atoms with Gasteiger partial charge in [-0.25, -0.2) is 4.39 Å². The van der Waals surface area contributed by atoms with Gasteiger partial charge in [-0.3, -0.25) is 14.7 Å². The summed E-state index contributed by atoms with van der Waals surface area (Å²) in [7, 11) is 0. The molecule has 0 radical (unpaired) electrons. The largest absolute Gasteiger partial charge is 0.489 e. The van der Waals surface area contributed by atoms with Gasteiger partial charge in [-0.15, -0.1) is 10.2 Å². The maximum Gasteiger partial charge on any atom is 0.220 e. The highest BCUT2D eigenvalue weighted by molar-refractivity contribution is 7.99. The summed E-state index contributed by atoms with van der Waals surface area (Å²) in [6.45, 7) is 1.78. The summed E-state index contributed by atoms with van der Waals surface area (Å²) in [6, 6.07) is 20.5. The molecule has 4 aromatic rings. The lowest BCUT2D eigenvalue weighted by Gasteiger charge is -2.15. The molecule has 1 heterocycles. The molecule has 10 heteroatoms. The molecule has 1 atom stereocenters. The van der Waals surface area contributed by atoms with Crippen molar-refractivity contribution in [2.75, 3.05) is 6.54 Å². The first-order chi connectivity index (χ1) is 16.4. The number of benzene rings is 3. The first-order valence-electron chi connectivity index (χ1n) is 10.3. The van der Waals surface area contributed by atoms with Crippen LogP contribution in [0.4, 0.5) is 4.39 Å². The maximum absolute atomic E-state index is 13.4. The Bertz CT molecular complexity index is 1280. The average molecular weight is 499 g/mol. The first-order valence-corrected chi connectivity index (χ1v) is 11.6. The van der Waals surface area contributed by atoms with Gasteiger partial charge in [0.15, 0.2) is 5.16 Å². The van der Waals surface area contributed by atoms with Crippen molar-refractivity contribution in [1.29, 1.82) is 0 Å². The Hall–Kier alpha value is -3.43. The predicted octanol–water partition coefficient (Wildman–Crippen LogP) is 6.06. The van der Waals surface area contributed by atoms with Crippen molar-refractivity contribution in [3.05, 3.63) is 111 Å². The zero-order chi connectivity index (χ0) is 24.1. The molecule has 0 saturated heterocycles. The molecule has 4 rings (SSSR count). The molecule has 3 aromatic carbocycles. The lowest BCUT2D eigenvalue weighted by Crippen LogP contribution is -2.11. The highest BCUT2D eigenvalue weighted by Crippen LogP contribution is 2.36. The van der Waals surface area contributed by atoms with Crippen LogP contribution >= 0.6 is 23.4 Å². The van der Waals surface area contributed by atoms with Crippen LogP contribution in [-0.4, -0.2) is 26.2 Å². The number of rotatable bonds is 9. The third-order valence-electron chi connectivity index (χ3n) is 5.05. The van der Waals surface area contributed by atoms with Crippen molar-refractivity contribution in [2.24, 2.45) is 0 Å². The molecule has 0 aliphatic carbocycles. The van der Waals surface area contributed by atoms with Gasteiger partial charge in [-0.1, -0.05) is 53.7 Å². The Kier molecular flexibility index (Phi) is 7.44. The van der Waals surface area contributed by atoms with E-state index in [1.54, 1.807) is 54.0 Å². The Labute approximate surface area is 204 Å². The van der Waals surface area contributed by atoms with Gasteiger partial charge in [-0.05, 0) is 55.0 Å². The lowest BCUT2D eigenvalue weighted by atomic mass is 10.1. The molecule has 1 aromatic heterocycles. The van der Waals surface area contributed by atoms with Gasteiger partial charge < -0.3 is 4.74 Å². The monoisotopic (exact) mass is 498 g/mol. The molecule has 7 nitrogen and oxygen atoms in total. The van der Waals surface area contributed by atoms with Crippen LogP contribution < -0.4 is 4.74 Å². The fourth-order valence-electron chi connectivity index (χ4n) is 3.34. The van der Waals surface area contributed by atoms with E-state index in [2.05, 4.69) is 10.2 Å². The van der Waals surface area contributed by atoms with Crippen LogP contribution in [-0.2, 0) is 6.61 Å². The van der Waals surface area contributed by atoms with E-state index in [0.29, 0.717) is 34.0 Å². The molecule has 0 fully saturated rings. The highest BCUT2D eigenvalue weighted by Gasteiger charge is 2.24. The molecular weight excluding hydrogens is 479 g/mol. The zero-order valence-electron chi connectivity index (χ0n) is 18.1. The Balaban J connectivity index is 1.53. The molecule has 0 N–H and O–H groups in total. The van der Waals surface area contributed by atoms with Gasteiger partial charge in [0.05, 0.1) is 0 Å². The van der Waals surface area contributed by atoms with E-state index in [1.807, 2.05) is 18.2 Å². The number of aryl methyl sites for hydroxylation is 1. The molecular formula is C24H20ClFN4O3S. The number of hydrogen-bond acceptors (Lipinski definition) is 6. The number of ether oxygens (including phenoxy) is 1. The second-order valence-electron chi connectivity index (χ2n) is 7.41. The SMILES string of the molecule is Cc1nnc(S[C@@H](C[N+](=O)[O-])c2ccc(OCc3ccccc3Cl)cc2)n1-c1ccc(F)cc1. The van der Waals surface area contributed by atoms with E-state index >= 15 is 0 Å². The van der Waals surface area contributed by atoms with Crippen molar-refractivity contribution in [3.63, 3.8) is 0 Å². The molecule has 0 aliphatic rings. The molecule has 174 valence electrons. The summed E-state index contributed by atoms with van der Waals surface area (Å²) in [4.78, 5) is 11.0. The Morgan fingerprint density at radius 3 is 2.47 bits per heavy atom. The zero-order valence-corrected chi connectivity index (χ0v) is 19.7. The molecule has 0 aliphatic heterocycles. The van der Waals surface area contributed by atoms with Crippen molar-refractivity contribution in [3.8, 4) is 11.4 Å². The van der Waals surface area contributed by atoms with E-state index in [-0.39, 0.29) is 17.3 Å². The second-order valence-corrected chi connectivity index (χ2v) is 8.99. The van der Waals surface area contributed by atoms with E-state index < -0.39 is 5.25 Å². The summed E-state index contributed by atoms with van der Waals surface area (Å²) in [6.07, 6.45) is 0. The minimum atomic E-state index is -0.518. The summed E-state index contributed by atoms with van der Waals surface area (Å²) in [5.41, 5.74) is 2.29. The van der Waals surface area contributed by atoms with Crippen LogP contribution in [0.2, 0.25) is 5.02 Å². The van der Waals surface area contributed by atoms with Gasteiger partial charge in [0.1, 0.15) is 29.2 Å². The molecule has 0 amide bonds. The molecule has 34 heavy (non-hydrogen) atoms. The quantitative estimate of drug-likeness (QED) is 0.158. The summed E-state index contributed by atoms with van der Waals surface area (Å²) in [5, 5.41) is 20.3. The number of aromatic nitrogens is 3. The van der Waals surface area contributed by atoms with E-state index in [0.717, 1.165) is 11.1 Å². The van der Waals surface area contributed by atoms with E-state index in [1.165, 1.54) is 23.9 Å². The van der Waals surface area contributed by atoms with E-state index in [9.17, 15) is 14.5 Å². The second kappa shape index (κ2) is 10.7. The number of nitro groups is 1. The van der Waals surface area contributed by atoms with Gasteiger partial charge in [0.25, 0.3) is 0 Å². The van der Waals surface area contributed by atoms with E-state index in [4.69, 9.17) is 16.3 Å². The Morgan fingerprint density at radius 1 is 1.09 bits per heavy atom. The minimum absolute atomic E-state index is 0.306. The van der Waals surface area contributed by atoms with Gasteiger partial charge in [0, 0.05) is 21.2 Å². The normalized spacial score (nSPS) is 11.9. The van der Waals surface area contributed by atoms with Crippen LogP contribution in [0.25, 0.3) is 5.69 Å². The highest BCUT2D eigenvalue weighted by atomic mass is 35.5. The van der Waals surface area contributed by atoms with Crippen LogP contribution in [0, 0.1) is 22.9 Å². The molecule has 0 saturated carbocycles. The smallest absolute Gasteiger partial charge is 0.220 e. The number of nitrogens with zero attached hydrogens (tertiary/aromatic N) is 4. The third-order valence-corrected chi connectivity index (χ3v) is 6.60. The van der Waals surface area contributed by atoms with Crippen LogP contribution in [0.1, 0.15) is 22.2 Å². The lowest BCUT2D eigenvalue weighted by molar-refractivity contribution is -0.479. The number of hydrogen-bond donors (Lipinski definition) is 0. The minimum Gasteiger partial charge on any atom is -0.489 e. The third kappa shape index (κ3) is 5.73. The van der Waals surface area contributed by atoms with Crippen LogP contribution in [0.3, 0.4) is 0 Å². The van der Waals surface area contributed by atoms with Gasteiger partial charge in [0.2, 0.25) is 6.54 Å². The summed E-state index contributed by atoms with van der Waals surface area (Å²) >= 11 is 7.40.